The Morgan fingerprint density at radius 2 is 2.26 bits per heavy atom. The van der Waals surface area contributed by atoms with Crippen molar-refractivity contribution in [1.29, 1.82) is 0 Å². The number of hydrogen-bond acceptors (Lipinski definition) is 3. The van der Waals surface area contributed by atoms with Crippen LogP contribution in [0.5, 0.6) is 0 Å². The zero-order chi connectivity index (χ0) is 13.5. The molecule has 2 nitrogen and oxygen atoms in total. The van der Waals surface area contributed by atoms with E-state index in [-0.39, 0.29) is 6.61 Å². The molecule has 1 aromatic rings. The van der Waals surface area contributed by atoms with Crippen LogP contribution in [0.3, 0.4) is 0 Å². The molecule has 1 aliphatic carbocycles. The molecule has 1 aliphatic rings. The van der Waals surface area contributed by atoms with E-state index in [1.54, 1.807) is 11.3 Å². The van der Waals surface area contributed by atoms with Gasteiger partial charge in [0.1, 0.15) is 0 Å². The van der Waals surface area contributed by atoms with Gasteiger partial charge in [-0.1, -0.05) is 18.8 Å². The van der Waals surface area contributed by atoms with E-state index in [0.717, 1.165) is 17.3 Å². The molecule has 0 atom stereocenters. The number of aliphatic hydroxyl groups excluding tert-OH is 1. The zero-order valence-corrected chi connectivity index (χ0v) is 12.5. The van der Waals surface area contributed by atoms with Gasteiger partial charge in [-0.3, -0.25) is 4.90 Å². The van der Waals surface area contributed by atoms with Gasteiger partial charge in [-0.2, -0.15) is 0 Å². The molecule has 3 heteroatoms. The minimum atomic E-state index is 0.150. The molecule has 1 saturated carbocycles. The van der Waals surface area contributed by atoms with Crippen LogP contribution in [-0.4, -0.2) is 29.7 Å². The first-order valence-corrected chi connectivity index (χ1v) is 8.04. The van der Waals surface area contributed by atoms with Crippen LogP contribution in [0.1, 0.15) is 42.4 Å². The van der Waals surface area contributed by atoms with Crippen molar-refractivity contribution >= 4 is 11.3 Å². The Labute approximate surface area is 120 Å². The standard InChI is InChI=1S/C16H23NOS/c1-2-10-17(12-14-6-7-14)13-16-9-8-15(19-16)5-3-4-11-18/h8-9,14,18H,2,4,6-7,10-13H2,1H3. The molecule has 0 saturated heterocycles. The molecule has 0 radical (unpaired) electrons. The Morgan fingerprint density at radius 3 is 2.95 bits per heavy atom. The molecule has 1 N–H and O–H groups in total. The van der Waals surface area contributed by atoms with E-state index in [9.17, 15) is 0 Å². The van der Waals surface area contributed by atoms with E-state index < -0.39 is 0 Å². The average molecular weight is 277 g/mol. The number of aliphatic hydroxyl groups is 1. The first kappa shape index (κ1) is 14.6. The SMILES string of the molecule is CCCN(Cc1ccc(C#CCCO)s1)CC1CC1. The van der Waals surface area contributed by atoms with E-state index >= 15 is 0 Å². The first-order chi connectivity index (χ1) is 9.31. The average Bonchev–Trinajstić information content (AvgIpc) is 3.09. The molecular formula is C16H23NOS. The summed E-state index contributed by atoms with van der Waals surface area (Å²) in [6, 6.07) is 4.30. The Hall–Kier alpha value is -0.820. The molecule has 2 rings (SSSR count). The van der Waals surface area contributed by atoms with Gasteiger partial charge in [0, 0.05) is 24.4 Å². The van der Waals surface area contributed by atoms with E-state index in [4.69, 9.17) is 5.11 Å². The van der Waals surface area contributed by atoms with Crippen molar-refractivity contribution < 1.29 is 5.11 Å². The van der Waals surface area contributed by atoms with E-state index in [1.807, 2.05) is 0 Å². The van der Waals surface area contributed by atoms with Crippen molar-refractivity contribution in [3.05, 3.63) is 21.9 Å². The second-order valence-electron chi connectivity index (χ2n) is 5.22. The Kier molecular flexibility index (Phi) is 5.91. The molecular weight excluding hydrogens is 254 g/mol. The van der Waals surface area contributed by atoms with Crippen molar-refractivity contribution in [2.75, 3.05) is 19.7 Å². The molecule has 0 unspecified atom stereocenters. The maximum absolute atomic E-state index is 8.71. The largest absolute Gasteiger partial charge is 0.395 e. The predicted molar refractivity (Wildman–Crippen MR) is 81.2 cm³/mol. The van der Waals surface area contributed by atoms with Gasteiger partial charge in [-0.25, -0.2) is 0 Å². The maximum atomic E-state index is 8.71. The summed E-state index contributed by atoms with van der Waals surface area (Å²) in [4.78, 5) is 5.10. The Bertz CT molecular complexity index is 439. The maximum Gasteiger partial charge on any atom is 0.0771 e. The molecule has 0 aromatic carbocycles. The Balaban J connectivity index is 1.87. The van der Waals surface area contributed by atoms with Crippen molar-refractivity contribution in [3.63, 3.8) is 0 Å². The molecule has 0 bridgehead atoms. The third-order valence-electron chi connectivity index (χ3n) is 3.24. The summed E-state index contributed by atoms with van der Waals surface area (Å²) in [5, 5.41) is 8.71. The second-order valence-corrected chi connectivity index (χ2v) is 6.39. The summed E-state index contributed by atoms with van der Waals surface area (Å²) in [6.45, 7) is 5.92. The fourth-order valence-electron chi connectivity index (χ4n) is 2.17. The quantitative estimate of drug-likeness (QED) is 0.774. The monoisotopic (exact) mass is 277 g/mol. The lowest BCUT2D eigenvalue weighted by Gasteiger charge is -2.20. The third kappa shape index (κ3) is 5.36. The molecule has 0 spiro atoms. The third-order valence-corrected chi connectivity index (χ3v) is 4.23. The highest BCUT2D eigenvalue weighted by Crippen LogP contribution is 2.30. The van der Waals surface area contributed by atoms with Gasteiger partial charge in [0.25, 0.3) is 0 Å². The summed E-state index contributed by atoms with van der Waals surface area (Å²) in [7, 11) is 0. The van der Waals surface area contributed by atoms with Gasteiger partial charge >= 0.3 is 0 Å². The number of hydrogen-bond donors (Lipinski definition) is 1. The highest BCUT2D eigenvalue weighted by molar-refractivity contribution is 7.12. The Morgan fingerprint density at radius 1 is 1.42 bits per heavy atom. The molecule has 0 amide bonds. The van der Waals surface area contributed by atoms with Gasteiger partial charge < -0.3 is 5.11 Å². The minimum absolute atomic E-state index is 0.150. The lowest BCUT2D eigenvalue weighted by molar-refractivity contribution is 0.257. The zero-order valence-electron chi connectivity index (χ0n) is 11.7. The van der Waals surface area contributed by atoms with Crippen molar-refractivity contribution in [3.8, 4) is 11.8 Å². The normalized spacial score (nSPS) is 14.5. The van der Waals surface area contributed by atoms with Crippen molar-refractivity contribution in [2.24, 2.45) is 5.92 Å². The molecule has 1 heterocycles. The predicted octanol–water partition coefficient (Wildman–Crippen LogP) is 3.10. The van der Waals surface area contributed by atoms with Crippen LogP contribution in [-0.2, 0) is 6.54 Å². The van der Waals surface area contributed by atoms with Crippen molar-refractivity contribution in [2.45, 2.75) is 39.2 Å². The van der Waals surface area contributed by atoms with E-state index in [0.29, 0.717) is 6.42 Å². The summed E-state index contributed by atoms with van der Waals surface area (Å²) in [6.07, 6.45) is 4.63. The van der Waals surface area contributed by atoms with Gasteiger partial charge in [0.2, 0.25) is 0 Å². The number of rotatable bonds is 7. The van der Waals surface area contributed by atoms with Crippen LogP contribution < -0.4 is 0 Å². The van der Waals surface area contributed by atoms with Gasteiger partial charge in [0.15, 0.2) is 0 Å². The van der Waals surface area contributed by atoms with Crippen LogP contribution in [0, 0.1) is 17.8 Å². The van der Waals surface area contributed by atoms with E-state index in [2.05, 4.69) is 35.8 Å². The van der Waals surface area contributed by atoms with E-state index in [1.165, 1.54) is 37.2 Å². The fourth-order valence-corrected chi connectivity index (χ4v) is 3.10. The van der Waals surface area contributed by atoms with Crippen LogP contribution in [0.15, 0.2) is 12.1 Å². The number of nitrogens with zero attached hydrogens (tertiary/aromatic N) is 1. The molecule has 1 fully saturated rings. The molecule has 19 heavy (non-hydrogen) atoms. The fraction of sp³-hybridized carbons (Fsp3) is 0.625. The van der Waals surface area contributed by atoms with Crippen LogP contribution >= 0.6 is 11.3 Å². The van der Waals surface area contributed by atoms with Gasteiger partial charge in [-0.05, 0) is 43.9 Å². The first-order valence-electron chi connectivity index (χ1n) is 7.22. The summed E-state index contributed by atoms with van der Waals surface area (Å²) >= 11 is 1.79. The summed E-state index contributed by atoms with van der Waals surface area (Å²) in [5.41, 5.74) is 0. The molecule has 104 valence electrons. The second kappa shape index (κ2) is 7.69. The smallest absolute Gasteiger partial charge is 0.0771 e. The highest BCUT2D eigenvalue weighted by atomic mass is 32.1. The summed E-state index contributed by atoms with van der Waals surface area (Å²) < 4.78 is 0. The highest BCUT2D eigenvalue weighted by Gasteiger charge is 2.24. The van der Waals surface area contributed by atoms with Crippen molar-refractivity contribution in [1.82, 2.24) is 4.90 Å². The lowest BCUT2D eigenvalue weighted by atomic mass is 10.3. The number of thiophene rings is 1. The van der Waals surface area contributed by atoms with Crippen LogP contribution in [0.25, 0.3) is 0 Å². The molecule has 0 aliphatic heterocycles. The van der Waals surface area contributed by atoms with Gasteiger partial charge in [0.05, 0.1) is 11.5 Å². The summed E-state index contributed by atoms with van der Waals surface area (Å²) in [5.74, 6) is 7.05. The van der Waals surface area contributed by atoms with Crippen LogP contribution in [0.2, 0.25) is 0 Å². The molecule has 1 aromatic heterocycles. The van der Waals surface area contributed by atoms with Crippen LogP contribution in [0.4, 0.5) is 0 Å². The van der Waals surface area contributed by atoms with Gasteiger partial charge in [-0.15, -0.1) is 11.3 Å². The lowest BCUT2D eigenvalue weighted by Crippen LogP contribution is -2.25. The minimum Gasteiger partial charge on any atom is -0.395 e. The topological polar surface area (TPSA) is 23.5 Å².